The first-order valence-corrected chi connectivity index (χ1v) is 6.25. The lowest BCUT2D eigenvalue weighted by atomic mass is 9.69. The number of aromatic amines is 1. The number of aliphatic carboxylic acids is 1. The molecule has 2 aliphatic rings. The third-order valence-electron chi connectivity index (χ3n) is 4.35. The Morgan fingerprint density at radius 2 is 2.20 bits per heavy atom. The monoisotopic (exact) mass is 285 g/mol. The van der Waals surface area contributed by atoms with Gasteiger partial charge in [-0.2, -0.15) is 5.10 Å². The van der Waals surface area contributed by atoms with Gasteiger partial charge < -0.3 is 10.4 Å². The fraction of sp³-hybridized carbons (Fsp3) is 0.583. The second kappa shape index (κ2) is 4.00. The lowest BCUT2D eigenvalue weighted by molar-refractivity contribution is -0.142. The average molecular weight is 285 g/mol. The van der Waals surface area contributed by atoms with Crippen LogP contribution in [-0.4, -0.2) is 33.1 Å². The third kappa shape index (κ3) is 1.63. The standard InChI is InChI=1S/C12H13F2N3O3/c13-12(14)8(10(19)20)11(12)3-6(4-11)9(18)15-5-7-1-2-16-17-7/h1-2,6,8H,3-5H2,(H,15,18)(H,16,17)(H,19,20). The summed E-state index contributed by atoms with van der Waals surface area (Å²) in [6.45, 7) is 0.251. The van der Waals surface area contributed by atoms with Crippen molar-refractivity contribution in [3.8, 4) is 0 Å². The molecule has 1 heterocycles. The lowest BCUT2D eigenvalue weighted by Gasteiger charge is -2.34. The minimum atomic E-state index is -3.18. The molecular formula is C12H13F2N3O3. The molecule has 1 atom stereocenters. The third-order valence-corrected chi connectivity index (χ3v) is 4.35. The molecule has 3 N–H and O–H groups in total. The van der Waals surface area contributed by atoms with E-state index in [1.54, 1.807) is 12.3 Å². The zero-order valence-corrected chi connectivity index (χ0v) is 10.4. The minimum absolute atomic E-state index is 0.0637. The van der Waals surface area contributed by atoms with E-state index in [9.17, 15) is 18.4 Å². The van der Waals surface area contributed by atoms with Gasteiger partial charge in [-0.25, -0.2) is 8.78 Å². The van der Waals surface area contributed by atoms with Gasteiger partial charge in [-0.15, -0.1) is 0 Å². The predicted molar refractivity (Wildman–Crippen MR) is 61.7 cm³/mol. The Morgan fingerprint density at radius 1 is 1.50 bits per heavy atom. The number of aromatic nitrogens is 2. The molecular weight excluding hydrogens is 272 g/mol. The maximum Gasteiger partial charge on any atom is 0.313 e. The maximum atomic E-state index is 13.5. The molecule has 3 rings (SSSR count). The summed E-state index contributed by atoms with van der Waals surface area (Å²) in [5.41, 5.74) is -0.776. The van der Waals surface area contributed by atoms with Gasteiger partial charge in [0.15, 0.2) is 0 Å². The topological polar surface area (TPSA) is 95.1 Å². The van der Waals surface area contributed by atoms with Crippen molar-refractivity contribution in [1.29, 1.82) is 0 Å². The summed E-state index contributed by atoms with van der Waals surface area (Å²) in [6, 6.07) is 1.69. The first-order valence-electron chi connectivity index (χ1n) is 6.25. The first-order chi connectivity index (χ1) is 9.38. The van der Waals surface area contributed by atoms with Crippen LogP contribution in [0.2, 0.25) is 0 Å². The molecule has 20 heavy (non-hydrogen) atoms. The Kier molecular flexibility index (Phi) is 2.60. The van der Waals surface area contributed by atoms with Gasteiger partial charge in [0.25, 0.3) is 5.92 Å². The molecule has 1 aromatic rings. The molecule has 1 amide bonds. The van der Waals surface area contributed by atoms with E-state index in [1.807, 2.05) is 0 Å². The summed E-state index contributed by atoms with van der Waals surface area (Å²) < 4.78 is 26.9. The van der Waals surface area contributed by atoms with E-state index in [-0.39, 0.29) is 25.3 Å². The molecule has 2 fully saturated rings. The molecule has 2 aliphatic carbocycles. The number of carboxylic acid groups (broad SMARTS) is 1. The van der Waals surface area contributed by atoms with Crippen molar-refractivity contribution >= 4 is 11.9 Å². The number of halogens is 2. The van der Waals surface area contributed by atoms with Crippen LogP contribution in [0, 0.1) is 17.3 Å². The van der Waals surface area contributed by atoms with Gasteiger partial charge in [-0.1, -0.05) is 0 Å². The summed E-state index contributed by atoms with van der Waals surface area (Å²) in [6.07, 6.45) is 1.42. The van der Waals surface area contributed by atoms with E-state index in [0.29, 0.717) is 5.69 Å². The molecule has 8 heteroatoms. The summed E-state index contributed by atoms with van der Waals surface area (Å²) in [4.78, 5) is 22.5. The minimum Gasteiger partial charge on any atom is -0.481 e. The number of hydrogen-bond acceptors (Lipinski definition) is 3. The quantitative estimate of drug-likeness (QED) is 0.761. The number of amides is 1. The maximum absolute atomic E-state index is 13.5. The molecule has 108 valence electrons. The largest absolute Gasteiger partial charge is 0.481 e. The molecule has 1 spiro atoms. The molecule has 0 saturated heterocycles. The highest BCUT2D eigenvalue weighted by Gasteiger charge is 2.87. The summed E-state index contributed by atoms with van der Waals surface area (Å²) in [5.74, 6) is -7.15. The Morgan fingerprint density at radius 3 is 2.70 bits per heavy atom. The van der Waals surface area contributed by atoms with Crippen LogP contribution >= 0.6 is 0 Å². The van der Waals surface area contributed by atoms with E-state index < -0.39 is 29.1 Å². The number of carboxylic acids is 1. The summed E-state index contributed by atoms with van der Waals surface area (Å²) in [5, 5.41) is 17.8. The van der Waals surface area contributed by atoms with Crippen molar-refractivity contribution in [3.63, 3.8) is 0 Å². The number of rotatable bonds is 4. The van der Waals surface area contributed by atoms with Crippen LogP contribution in [0.3, 0.4) is 0 Å². The van der Waals surface area contributed by atoms with E-state index in [1.165, 1.54) is 0 Å². The van der Waals surface area contributed by atoms with Crippen LogP contribution < -0.4 is 5.32 Å². The van der Waals surface area contributed by atoms with Crippen LogP contribution in [-0.2, 0) is 16.1 Å². The molecule has 0 aliphatic heterocycles. The number of nitrogens with zero attached hydrogens (tertiary/aromatic N) is 1. The Labute approximate surface area is 112 Å². The second-order valence-electron chi connectivity index (χ2n) is 5.46. The molecule has 0 aromatic carbocycles. The SMILES string of the molecule is O=C(NCc1ccn[nH]1)C1CC2(C1)C(C(=O)O)C2(F)F. The number of carbonyl (C=O) groups is 2. The van der Waals surface area contributed by atoms with Gasteiger partial charge in [0.1, 0.15) is 5.92 Å². The Hall–Kier alpha value is -1.99. The molecule has 6 nitrogen and oxygen atoms in total. The summed E-state index contributed by atoms with van der Waals surface area (Å²) >= 11 is 0. The van der Waals surface area contributed by atoms with Crippen molar-refractivity contribution < 1.29 is 23.5 Å². The average Bonchev–Trinajstić information content (AvgIpc) is 2.68. The van der Waals surface area contributed by atoms with Crippen LogP contribution in [0.25, 0.3) is 0 Å². The molecule has 2 saturated carbocycles. The van der Waals surface area contributed by atoms with Crippen molar-refractivity contribution in [2.75, 3.05) is 0 Å². The highest BCUT2D eigenvalue weighted by atomic mass is 19.3. The van der Waals surface area contributed by atoms with Gasteiger partial charge in [-0.3, -0.25) is 14.7 Å². The fourth-order valence-electron chi connectivity index (χ4n) is 3.12. The second-order valence-corrected chi connectivity index (χ2v) is 5.46. The number of nitrogens with one attached hydrogen (secondary N) is 2. The van der Waals surface area contributed by atoms with Crippen molar-refractivity contribution in [1.82, 2.24) is 15.5 Å². The number of H-pyrrole nitrogens is 1. The highest BCUT2D eigenvalue weighted by molar-refractivity contribution is 5.83. The van der Waals surface area contributed by atoms with E-state index >= 15 is 0 Å². The van der Waals surface area contributed by atoms with Crippen molar-refractivity contribution in [2.45, 2.75) is 25.3 Å². The van der Waals surface area contributed by atoms with Gasteiger partial charge >= 0.3 is 5.97 Å². The van der Waals surface area contributed by atoms with Gasteiger partial charge in [0.05, 0.1) is 17.7 Å². The van der Waals surface area contributed by atoms with E-state index in [4.69, 9.17) is 5.11 Å². The van der Waals surface area contributed by atoms with Gasteiger partial charge in [-0.05, 0) is 18.9 Å². The zero-order valence-electron chi connectivity index (χ0n) is 10.4. The van der Waals surface area contributed by atoms with E-state index in [2.05, 4.69) is 15.5 Å². The predicted octanol–water partition coefficient (Wildman–Crippen LogP) is 0.772. The normalized spacial score (nSPS) is 33.5. The van der Waals surface area contributed by atoms with Gasteiger partial charge in [0.2, 0.25) is 5.91 Å². The van der Waals surface area contributed by atoms with Crippen molar-refractivity contribution in [3.05, 3.63) is 18.0 Å². The van der Waals surface area contributed by atoms with E-state index in [0.717, 1.165) is 0 Å². The lowest BCUT2D eigenvalue weighted by Crippen LogP contribution is -2.42. The Bertz CT molecular complexity index is 552. The number of alkyl halides is 2. The highest BCUT2D eigenvalue weighted by Crippen LogP contribution is 2.76. The fourth-order valence-corrected chi connectivity index (χ4v) is 3.12. The molecule has 1 unspecified atom stereocenters. The van der Waals surface area contributed by atoms with Crippen LogP contribution in [0.15, 0.2) is 12.3 Å². The molecule has 1 aromatic heterocycles. The van der Waals surface area contributed by atoms with Crippen LogP contribution in [0.4, 0.5) is 8.78 Å². The smallest absolute Gasteiger partial charge is 0.313 e. The van der Waals surface area contributed by atoms with Crippen molar-refractivity contribution in [2.24, 2.45) is 17.3 Å². The Balaban J connectivity index is 1.53. The molecule has 0 bridgehead atoms. The zero-order chi connectivity index (χ0) is 14.5. The summed E-state index contributed by atoms with van der Waals surface area (Å²) in [7, 11) is 0. The molecule has 0 radical (unpaired) electrons. The van der Waals surface area contributed by atoms with Gasteiger partial charge in [0, 0.05) is 12.1 Å². The van der Waals surface area contributed by atoms with Crippen LogP contribution in [0.1, 0.15) is 18.5 Å². The first kappa shape index (κ1) is 13.0. The van der Waals surface area contributed by atoms with Crippen LogP contribution in [0.5, 0.6) is 0 Å². The number of hydrogen-bond donors (Lipinski definition) is 3. The number of carbonyl (C=O) groups excluding carboxylic acids is 1.